The number of carbonyl (C=O) groups is 1. The molecule has 0 aliphatic carbocycles. The summed E-state index contributed by atoms with van der Waals surface area (Å²) in [6.45, 7) is 1.60. The monoisotopic (exact) mass is 212 g/mol. The number of hydrogen-bond acceptors (Lipinski definition) is 2. The van der Waals surface area contributed by atoms with Crippen molar-refractivity contribution >= 4 is 29.0 Å². The molecule has 4 heteroatoms. The van der Waals surface area contributed by atoms with Gasteiger partial charge >= 0.3 is 0 Å². The summed E-state index contributed by atoms with van der Waals surface area (Å²) in [5, 5.41) is 8.65. The van der Waals surface area contributed by atoms with Crippen LogP contribution in [-0.2, 0) is 4.79 Å². The first-order chi connectivity index (χ1) is 5.57. The third-order valence-corrected chi connectivity index (χ3v) is 2.44. The number of ketones is 1. The molecule has 0 aliphatic heterocycles. The van der Waals surface area contributed by atoms with E-state index in [1.165, 1.54) is 6.92 Å². The van der Waals surface area contributed by atoms with E-state index >= 15 is 0 Å². The van der Waals surface area contributed by atoms with Gasteiger partial charge in [0.25, 0.3) is 0 Å². The van der Waals surface area contributed by atoms with Crippen molar-refractivity contribution in [1.29, 1.82) is 0 Å². The molecule has 12 heavy (non-hydrogen) atoms. The van der Waals surface area contributed by atoms with Crippen molar-refractivity contribution < 1.29 is 9.90 Å². The van der Waals surface area contributed by atoms with Gasteiger partial charge in [0.2, 0.25) is 0 Å². The Bertz CT molecular complexity index is 137. The van der Waals surface area contributed by atoms with Crippen molar-refractivity contribution in [3.05, 3.63) is 0 Å². The average Bonchev–Trinajstić information content (AvgIpc) is 1.96. The summed E-state index contributed by atoms with van der Waals surface area (Å²) >= 11 is 11.3. The third-order valence-electron chi connectivity index (χ3n) is 1.72. The minimum absolute atomic E-state index is 0.0298. The van der Waals surface area contributed by atoms with Crippen LogP contribution in [0.1, 0.15) is 26.2 Å². The van der Waals surface area contributed by atoms with Crippen LogP contribution < -0.4 is 0 Å². The lowest BCUT2D eigenvalue weighted by Crippen LogP contribution is -2.12. The average molecular weight is 213 g/mol. The molecule has 72 valence electrons. The number of alkyl halides is 2. The first-order valence-electron chi connectivity index (χ1n) is 3.96. The van der Waals surface area contributed by atoms with Crippen molar-refractivity contribution in [2.45, 2.75) is 31.0 Å². The Labute approximate surface area is 82.9 Å². The molecular formula is C8H14Cl2O2. The van der Waals surface area contributed by atoms with Gasteiger partial charge < -0.3 is 9.90 Å². The molecule has 0 spiro atoms. The van der Waals surface area contributed by atoms with Crippen LogP contribution in [0.2, 0.25) is 0 Å². The highest BCUT2D eigenvalue weighted by molar-refractivity contribution is 6.44. The molecule has 2 nitrogen and oxygen atoms in total. The molecule has 0 aromatic carbocycles. The molecule has 0 amide bonds. The Hall–Kier alpha value is 0.210. The summed E-state index contributed by atoms with van der Waals surface area (Å²) in [6.07, 6.45) is 1.71. The molecule has 0 saturated carbocycles. The van der Waals surface area contributed by atoms with Gasteiger partial charge in [-0.3, -0.25) is 0 Å². The van der Waals surface area contributed by atoms with Crippen molar-refractivity contribution in [3.63, 3.8) is 0 Å². The van der Waals surface area contributed by atoms with Gasteiger partial charge in [0, 0.05) is 13.0 Å². The van der Waals surface area contributed by atoms with Gasteiger partial charge in [-0.25, -0.2) is 0 Å². The summed E-state index contributed by atoms with van der Waals surface area (Å²) in [5.41, 5.74) is 0. The number of Topliss-reactive ketones (excluding diaryl/α,β-unsaturated/α-hetero) is 1. The molecule has 0 rings (SSSR count). The van der Waals surface area contributed by atoms with Gasteiger partial charge in [-0.15, -0.1) is 23.2 Å². The smallest absolute Gasteiger partial charge is 0.129 e. The van der Waals surface area contributed by atoms with Crippen LogP contribution in [0.4, 0.5) is 0 Å². The van der Waals surface area contributed by atoms with Crippen LogP contribution in [-0.4, -0.2) is 22.3 Å². The number of aliphatic hydroxyl groups excluding tert-OH is 1. The standard InChI is InChI=1S/C8H14Cl2O2/c1-6(12)2-3-7(4-5-11)8(9)10/h7-8,11H,2-5H2,1H3. The molecule has 0 aromatic heterocycles. The lowest BCUT2D eigenvalue weighted by atomic mass is 10.0. The molecule has 0 saturated heterocycles. The fourth-order valence-corrected chi connectivity index (χ4v) is 1.45. The maximum Gasteiger partial charge on any atom is 0.129 e. The van der Waals surface area contributed by atoms with E-state index in [1.54, 1.807) is 0 Å². The second-order valence-electron chi connectivity index (χ2n) is 2.85. The number of aliphatic hydroxyl groups is 1. The molecule has 1 N–H and O–H groups in total. The SMILES string of the molecule is CC(=O)CCC(CCO)C(Cl)Cl. The second kappa shape index (κ2) is 6.70. The Balaban J connectivity index is 3.70. The summed E-state index contributed by atoms with van der Waals surface area (Å²) < 4.78 is 0. The fourth-order valence-electron chi connectivity index (χ4n) is 0.951. The van der Waals surface area contributed by atoms with E-state index in [4.69, 9.17) is 28.3 Å². The van der Waals surface area contributed by atoms with E-state index in [1.807, 2.05) is 0 Å². The molecule has 0 aromatic rings. The van der Waals surface area contributed by atoms with Gasteiger partial charge in [-0.05, 0) is 25.7 Å². The quantitative estimate of drug-likeness (QED) is 0.686. The zero-order chi connectivity index (χ0) is 9.56. The van der Waals surface area contributed by atoms with E-state index in [9.17, 15) is 4.79 Å². The Morgan fingerprint density at radius 3 is 2.33 bits per heavy atom. The second-order valence-corrected chi connectivity index (χ2v) is 4.01. The topological polar surface area (TPSA) is 37.3 Å². The Morgan fingerprint density at radius 1 is 1.42 bits per heavy atom. The molecule has 0 aliphatic rings. The Kier molecular flexibility index (Phi) is 6.81. The Morgan fingerprint density at radius 2 is 2.00 bits per heavy atom. The molecular weight excluding hydrogens is 199 g/mol. The van der Waals surface area contributed by atoms with Gasteiger partial charge in [0.15, 0.2) is 0 Å². The molecule has 0 bridgehead atoms. The van der Waals surface area contributed by atoms with Crippen LogP contribution in [0, 0.1) is 5.92 Å². The molecule has 1 unspecified atom stereocenters. The lowest BCUT2D eigenvalue weighted by molar-refractivity contribution is -0.117. The fraction of sp³-hybridized carbons (Fsp3) is 0.875. The van der Waals surface area contributed by atoms with Crippen LogP contribution in [0.25, 0.3) is 0 Å². The molecule has 1 atom stereocenters. The summed E-state index contributed by atoms with van der Waals surface area (Å²) in [6, 6.07) is 0. The molecule has 0 fully saturated rings. The largest absolute Gasteiger partial charge is 0.396 e. The van der Waals surface area contributed by atoms with Gasteiger partial charge in [0.1, 0.15) is 10.6 Å². The van der Waals surface area contributed by atoms with Crippen LogP contribution in [0.3, 0.4) is 0 Å². The summed E-state index contributed by atoms with van der Waals surface area (Å²) in [7, 11) is 0. The van der Waals surface area contributed by atoms with Gasteiger partial charge in [-0.2, -0.15) is 0 Å². The number of carbonyl (C=O) groups excluding carboxylic acids is 1. The van der Waals surface area contributed by atoms with E-state index in [0.717, 1.165) is 0 Å². The van der Waals surface area contributed by atoms with Crippen LogP contribution in [0.15, 0.2) is 0 Å². The number of halogens is 2. The summed E-state index contributed by atoms with van der Waals surface area (Å²) in [5.74, 6) is 0.161. The zero-order valence-corrected chi connectivity index (χ0v) is 8.61. The van der Waals surface area contributed by atoms with E-state index in [-0.39, 0.29) is 18.3 Å². The van der Waals surface area contributed by atoms with E-state index in [2.05, 4.69) is 0 Å². The maximum absolute atomic E-state index is 10.6. The predicted octanol–water partition coefficient (Wildman–Crippen LogP) is 2.16. The minimum atomic E-state index is -0.489. The van der Waals surface area contributed by atoms with Gasteiger partial charge in [0.05, 0.1) is 0 Å². The zero-order valence-electron chi connectivity index (χ0n) is 7.09. The lowest BCUT2D eigenvalue weighted by Gasteiger charge is -2.15. The highest BCUT2D eigenvalue weighted by Crippen LogP contribution is 2.23. The highest BCUT2D eigenvalue weighted by Gasteiger charge is 2.16. The molecule has 0 heterocycles. The first kappa shape index (κ1) is 12.2. The van der Waals surface area contributed by atoms with Crippen molar-refractivity contribution in [3.8, 4) is 0 Å². The minimum Gasteiger partial charge on any atom is -0.396 e. The van der Waals surface area contributed by atoms with E-state index < -0.39 is 4.84 Å². The summed E-state index contributed by atoms with van der Waals surface area (Å²) in [4.78, 5) is 10.1. The number of rotatable bonds is 6. The normalized spacial score (nSPS) is 13.4. The molecule has 0 radical (unpaired) electrons. The van der Waals surface area contributed by atoms with Gasteiger partial charge in [-0.1, -0.05) is 0 Å². The number of hydrogen-bond donors (Lipinski definition) is 1. The third kappa shape index (κ3) is 5.81. The highest BCUT2D eigenvalue weighted by atomic mass is 35.5. The van der Waals surface area contributed by atoms with Crippen LogP contribution >= 0.6 is 23.2 Å². The maximum atomic E-state index is 10.6. The first-order valence-corrected chi connectivity index (χ1v) is 4.83. The van der Waals surface area contributed by atoms with Crippen molar-refractivity contribution in [2.75, 3.05) is 6.61 Å². The van der Waals surface area contributed by atoms with E-state index in [0.29, 0.717) is 19.3 Å². The predicted molar refractivity (Wildman–Crippen MR) is 50.6 cm³/mol. The van der Waals surface area contributed by atoms with Crippen molar-refractivity contribution in [2.24, 2.45) is 5.92 Å². The van der Waals surface area contributed by atoms with Crippen LogP contribution in [0.5, 0.6) is 0 Å². The van der Waals surface area contributed by atoms with Crippen molar-refractivity contribution in [1.82, 2.24) is 0 Å².